The molecule has 4 rings (SSSR count). The summed E-state index contributed by atoms with van der Waals surface area (Å²) in [5.41, 5.74) is 6.72. The molecule has 0 N–H and O–H groups in total. The van der Waals surface area contributed by atoms with Crippen molar-refractivity contribution in [2.45, 2.75) is 33.1 Å². The maximum atomic E-state index is 13.1. The van der Waals surface area contributed by atoms with Crippen molar-refractivity contribution in [2.75, 3.05) is 17.0 Å². The fourth-order valence-corrected chi connectivity index (χ4v) is 4.24. The molecule has 1 amide bonds. The number of likely N-dealkylation sites (N-methyl/N-ethyl adjacent to an activating group) is 1. The van der Waals surface area contributed by atoms with Gasteiger partial charge >= 0.3 is 0 Å². The molecular weight excluding hydrogens is 346 g/mol. The first-order valence-electron chi connectivity index (χ1n) is 9.53. The number of anilines is 2. The second-order valence-corrected chi connectivity index (χ2v) is 7.93. The van der Waals surface area contributed by atoms with Crippen LogP contribution in [0.4, 0.5) is 11.4 Å². The van der Waals surface area contributed by atoms with Gasteiger partial charge in [-0.25, -0.2) is 0 Å². The Morgan fingerprint density at radius 2 is 1.68 bits per heavy atom. The highest BCUT2D eigenvalue weighted by molar-refractivity contribution is 6.30. The van der Waals surface area contributed by atoms with Crippen LogP contribution < -0.4 is 9.91 Å². The van der Waals surface area contributed by atoms with Crippen LogP contribution in [0.2, 0.25) is 0 Å². The van der Waals surface area contributed by atoms with Gasteiger partial charge in [-0.3, -0.25) is 4.79 Å². The summed E-state index contributed by atoms with van der Waals surface area (Å²) in [6.45, 7) is 8.36. The zero-order valence-corrected chi connectivity index (χ0v) is 17.0. The lowest BCUT2D eigenvalue weighted by molar-refractivity contribution is -0.114. The topological polar surface area (TPSA) is 35.9 Å². The van der Waals surface area contributed by atoms with Gasteiger partial charge in [0.2, 0.25) is 0 Å². The molecule has 0 radical (unpaired) electrons. The summed E-state index contributed by atoms with van der Waals surface area (Å²) in [6.07, 6.45) is 2.14. The van der Waals surface area contributed by atoms with Gasteiger partial charge in [-0.2, -0.15) is 10.1 Å². The van der Waals surface area contributed by atoms with Gasteiger partial charge in [0.25, 0.3) is 5.91 Å². The zero-order valence-electron chi connectivity index (χ0n) is 17.0. The van der Waals surface area contributed by atoms with Gasteiger partial charge in [0, 0.05) is 23.8 Å². The highest BCUT2D eigenvalue weighted by atomic mass is 16.2. The molecule has 0 bridgehead atoms. The number of hydrogen-bond donors (Lipinski definition) is 0. The standard InChI is InChI=1S/C24H25N3O/c1-16(15-21-24(3,4)19-13-9-10-14-20(19)26(21)5)22-17(2)25-27(23(22)28)18-11-7-6-8-12-18/h6-15H,1-5H3/b21-15-,22-16-. The Balaban J connectivity index is 1.76. The molecule has 4 heteroatoms. The maximum absolute atomic E-state index is 13.1. The SMILES string of the molecule is CC1=NN(c2ccccc2)C(=O)/C1=C(C)\C=C1/N(C)c2ccccc2C1(C)C. The molecule has 0 atom stereocenters. The lowest BCUT2D eigenvalue weighted by Gasteiger charge is -2.24. The molecule has 28 heavy (non-hydrogen) atoms. The quantitative estimate of drug-likeness (QED) is 0.694. The molecule has 0 saturated heterocycles. The van der Waals surface area contributed by atoms with E-state index in [-0.39, 0.29) is 11.3 Å². The molecule has 0 unspecified atom stereocenters. The fourth-order valence-electron chi connectivity index (χ4n) is 4.24. The normalized spacial score (nSPS) is 21.2. The average Bonchev–Trinajstić information content (AvgIpc) is 3.09. The number of nitrogens with zero attached hydrogens (tertiary/aromatic N) is 3. The lowest BCUT2D eigenvalue weighted by Crippen LogP contribution is -2.24. The minimum atomic E-state index is -0.126. The van der Waals surface area contributed by atoms with Crippen LogP contribution >= 0.6 is 0 Å². The van der Waals surface area contributed by atoms with Crippen molar-refractivity contribution in [3.8, 4) is 0 Å². The van der Waals surface area contributed by atoms with E-state index in [1.165, 1.54) is 22.0 Å². The summed E-state index contributed by atoms with van der Waals surface area (Å²) in [7, 11) is 2.09. The number of allylic oxidation sites excluding steroid dienone is 3. The van der Waals surface area contributed by atoms with Crippen molar-refractivity contribution in [2.24, 2.45) is 5.10 Å². The van der Waals surface area contributed by atoms with Crippen LogP contribution in [0, 0.1) is 0 Å². The second kappa shape index (κ2) is 6.48. The molecule has 2 aliphatic rings. The Morgan fingerprint density at radius 1 is 1.04 bits per heavy atom. The van der Waals surface area contributed by atoms with Gasteiger partial charge in [-0.15, -0.1) is 0 Å². The van der Waals surface area contributed by atoms with Crippen LogP contribution in [0.1, 0.15) is 33.3 Å². The van der Waals surface area contributed by atoms with E-state index < -0.39 is 0 Å². The van der Waals surface area contributed by atoms with E-state index in [4.69, 9.17) is 0 Å². The number of hydrogen-bond acceptors (Lipinski definition) is 3. The summed E-state index contributed by atoms with van der Waals surface area (Å²) in [4.78, 5) is 15.3. The predicted molar refractivity (Wildman–Crippen MR) is 116 cm³/mol. The number of amides is 1. The Bertz CT molecular complexity index is 1040. The molecular formula is C24H25N3O. The molecule has 0 aliphatic carbocycles. The van der Waals surface area contributed by atoms with E-state index in [1.54, 1.807) is 0 Å². The van der Waals surface area contributed by atoms with Crippen LogP contribution in [-0.2, 0) is 10.2 Å². The number of benzene rings is 2. The van der Waals surface area contributed by atoms with Crippen molar-refractivity contribution < 1.29 is 4.79 Å². The molecule has 2 aliphatic heterocycles. The number of carbonyl (C=O) groups excluding carboxylic acids is 1. The second-order valence-electron chi connectivity index (χ2n) is 7.93. The minimum Gasteiger partial charge on any atom is -0.347 e. The van der Waals surface area contributed by atoms with Crippen LogP contribution in [0.3, 0.4) is 0 Å². The smallest absolute Gasteiger partial charge is 0.280 e. The van der Waals surface area contributed by atoms with Crippen molar-refractivity contribution in [3.05, 3.63) is 83.1 Å². The number of carbonyl (C=O) groups is 1. The highest BCUT2D eigenvalue weighted by Gasteiger charge is 2.38. The zero-order chi connectivity index (χ0) is 20.1. The highest BCUT2D eigenvalue weighted by Crippen LogP contribution is 2.47. The summed E-state index contributed by atoms with van der Waals surface area (Å²) >= 11 is 0. The van der Waals surface area contributed by atoms with Crippen molar-refractivity contribution in [1.82, 2.24) is 0 Å². The fraction of sp³-hybridized carbons (Fsp3) is 0.250. The molecule has 0 saturated carbocycles. The van der Waals surface area contributed by atoms with E-state index in [1.807, 2.05) is 44.2 Å². The van der Waals surface area contributed by atoms with Crippen LogP contribution in [0.5, 0.6) is 0 Å². The number of para-hydroxylation sites is 2. The number of rotatable bonds is 2. The third kappa shape index (κ3) is 2.68. The van der Waals surface area contributed by atoms with Gasteiger partial charge in [0.05, 0.1) is 17.0 Å². The molecule has 142 valence electrons. The Morgan fingerprint density at radius 3 is 2.36 bits per heavy atom. The van der Waals surface area contributed by atoms with Gasteiger partial charge in [0.15, 0.2) is 0 Å². The predicted octanol–water partition coefficient (Wildman–Crippen LogP) is 5.04. The van der Waals surface area contributed by atoms with Gasteiger partial charge in [-0.05, 0) is 49.3 Å². The summed E-state index contributed by atoms with van der Waals surface area (Å²) in [5.74, 6) is -0.0750. The molecule has 0 spiro atoms. The van der Waals surface area contributed by atoms with Crippen LogP contribution in [0.25, 0.3) is 0 Å². The van der Waals surface area contributed by atoms with Gasteiger partial charge in [0.1, 0.15) is 0 Å². The third-order valence-electron chi connectivity index (χ3n) is 5.71. The Labute approximate surface area is 166 Å². The minimum absolute atomic E-state index is 0.0750. The van der Waals surface area contributed by atoms with E-state index in [2.05, 4.69) is 61.2 Å². The van der Waals surface area contributed by atoms with E-state index >= 15 is 0 Å². The van der Waals surface area contributed by atoms with Crippen molar-refractivity contribution in [3.63, 3.8) is 0 Å². The summed E-state index contributed by atoms with van der Waals surface area (Å²) < 4.78 is 0. The van der Waals surface area contributed by atoms with Gasteiger partial charge in [-0.1, -0.05) is 50.2 Å². The average molecular weight is 371 g/mol. The third-order valence-corrected chi connectivity index (χ3v) is 5.71. The van der Waals surface area contributed by atoms with Crippen molar-refractivity contribution >= 4 is 23.0 Å². The summed E-state index contributed by atoms with van der Waals surface area (Å²) in [6, 6.07) is 18.0. The summed E-state index contributed by atoms with van der Waals surface area (Å²) in [5, 5.41) is 6.00. The lowest BCUT2D eigenvalue weighted by atomic mass is 9.83. The monoisotopic (exact) mass is 371 g/mol. The largest absolute Gasteiger partial charge is 0.347 e. The van der Waals surface area contributed by atoms with Gasteiger partial charge < -0.3 is 4.90 Å². The maximum Gasteiger partial charge on any atom is 0.280 e. The van der Waals surface area contributed by atoms with E-state index in [0.29, 0.717) is 5.57 Å². The molecule has 2 aromatic rings. The van der Waals surface area contributed by atoms with Crippen molar-refractivity contribution in [1.29, 1.82) is 0 Å². The molecule has 0 fully saturated rings. The van der Waals surface area contributed by atoms with Crippen LogP contribution in [-0.4, -0.2) is 18.7 Å². The first-order chi connectivity index (χ1) is 13.3. The molecule has 4 nitrogen and oxygen atoms in total. The first-order valence-corrected chi connectivity index (χ1v) is 9.53. The molecule has 2 heterocycles. The number of fused-ring (bicyclic) bond motifs is 1. The molecule has 2 aromatic carbocycles. The number of hydrazone groups is 1. The Kier molecular flexibility index (Phi) is 4.22. The Hall–Kier alpha value is -3.14. The van der Waals surface area contributed by atoms with E-state index in [9.17, 15) is 4.79 Å². The first kappa shape index (κ1) is 18.2. The molecule has 0 aromatic heterocycles. The van der Waals surface area contributed by atoms with Crippen LogP contribution in [0.15, 0.2) is 82.6 Å². The van der Waals surface area contributed by atoms with E-state index in [0.717, 1.165) is 17.0 Å².